The van der Waals surface area contributed by atoms with E-state index in [1.165, 1.54) is 24.3 Å². The zero-order valence-corrected chi connectivity index (χ0v) is 12.1. The minimum atomic E-state index is -4.88. The molecule has 90 valence electrons. The van der Waals surface area contributed by atoms with Crippen molar-refractivity contribution in [3.05, 3.63) is 30.3 Å². The Morgan fingerprint density at radius 2 is 1.78 bits per heavy atom. The standard InChI is InChI=1S/C10H8O6S.Na/c11-7-2-1-6-3-8(16-17(13,14)15)5-10(12)9(6)4-7;/h1-5,11-12H,(H,13,14,15);/q;+1/p-1. The van der Waals surface area contributed by atoms with E-state index in [1.54, 1.807) is 0 Å². The van der Waals surface area contributed by atoms with Crippen LogP contribution in [-0.4, -0.2) is 23.2 Å². The van der Waals surface area contributed by atoms with Crippen molar-refractivity contribution >= 4 is 21.2 Å². The number of phenols is 2. The monoisotopic (exact) mass is 278 g/mol. The summed E-state index contributed by atoms with van der Waals surface area (Å²) in [5.41, 5.74) is 0. The molecule has 2 N–H and O–H groups in total. The van der Waals surface area contributed by atoms with E-state index in [1.807, 2.05) is 0 Å². The van der Waals surface area contributed by atoms with Crippen LogP contribution in [0.4, 0.5) is 0 Å². The van der Waals surface area contributed by atoms with Crippen LogP contribution in [0.25, 0.3) is 10.8 Å². The molecule has 0 amide bonds. The van der Waals surface area contributed by atoms with Crippen molar-refractivity contribution in [2.45, 2.75) is 0 Å². The zero-order chi connectivity index (χ0) is 12.6. The first-order chi connectivity index (χ1) is 7.85. The molecule has 8 heteroatoms. The van der Waals surface area contributed by atoms with Gasteiger partial charge in [0.1, 0.15) is 17.2 Å². The summed E-state index contributed by atoms with van der Waals surface area (Å²) < 4.78 is 35.3. The van der Waals surface area contributed by atoms with E-state index in [0.29, 0.717) is 10.8 Å². The first-order valence-corrected chi connectivity index (χ1v) is 5.79. The molecule has 0 saturated heterocycles. The van der Waals surface area contributed by atoms with Crippen LogP contribution < -0.4 is 33.7 Å². The first kappa shape index (κ1) is 15.1. The third-order valence-corrected chi connectivity index (χ3v) is 2.48. The fraction of sp³-hybridized carbons (Fsp3) is 0. The second-order valence-corrected chi connectivity index (χ2v) is 4.32. The molecule has 18 heavy (non-hydrogen) atoms. The van der Waals surface area contributed by atoms with Gasteiger partial charge in [-0.25, -0.2) is 8.42 Å². The topological polar surface area (TPSA) is 107 Å². The predicted molar refractivity (Wildman–Crippen MR) is 57.6 cm³/mol. The van der Waals surface area contributed by atoms with E-state index < -0.39 is 10.4 Å². The van der Waals surface area contributed by atoms with Crippen LogP contribution in [0.15, 0.2) is 30.3 Å². The van der Waals surface area contributed by atoms with Gasteiger partial charge in [-0.1, -0.05) is 6.07 Å². The summed E-state index contributed by atoms with van der Waals surface area (Å²) in [4.78, 5) is 0. The van der Waals surface area contributed by atoms with Crippen LogP contribution in [0.5, 0.6) is 17.2 Å². The van der Waals surface area contributed by atoms with Crippen molar-refractivity contribution in [1.82, 2.24) is 0 Å². The Balaban J connectivity index is 0.00000162. The van der Waals surface area contributed by atoms with Gasteiger partial charge in [-0.3, -0.25) is 0 Å². The molecule has 0 aliphatic rings. The number of hydrogen-bond donors (Lipinski definition) is 2. The predicted octanol–water partition coefficient (Wildman–Crippen LogP) is -1.91. The second-order valence-electron chi connectivity index (χ2n) is 3.34. The molecule has 6 nitrogen and oxygen atoms in total. The molecule has 0 unspecified atom stereocenters. The van der Waals surface area contributed by atoms with Crippen molar-refractivity contribution in [3.8, 4) is 17.2 Å². The Labute approximate surface area is 125 Å². The first-order valence-electron chi connectivity index (χ1n) is 4.46. The van der Waals surface area contributed by atoms with Crippen molar-refractivity contribution in [2.24, 2.45) is 0 Å². The van der Waals surface area contributed by atoms with Gasteiger partial charge in [0.05, 0.1) is 0 Å². The van der Waals surface area contributed by atoms with Crippen molar-refractivity contribution in [3.63, 3.8) is 0 Å². The maximum Gasteiger partial charge on any atom is 1.00 e. The molecule has 0 spiro atoms. The van der Waals surface area contributed by atoms with Gasteiger partial charge in [-0.2, -0.15) is 0 Å². The fourth-order valence-corrected chi connectivity index (χ4v) is 1.80. The smallest absolute Gasteiger partial charge is 0.716 e. The number of benzene rings is 2. The van der Waals surface area contributed by atoms with Crippen LogP contribution in [0.3, 0.4) is 0 Å². The Hall–Kier alpha value is -0.990. The van der Waals surface area contributed by atoms with Crippen molar-refractivity contribution in [1.29, 1.82) is 0 Å². The maximum absolute atomic E-state index is 10.4. The SMILES string of the molecule is O=S(=O)([O-])Oc1cc(O)c2cc(O)ccc2c1.[Na+]. The number of phenolic OH excluding ortho intramolecular Hbond substituents is 2. The van der Waals surface area contributed by atoms with Crippen LogP contribution >= 0.6 is 0 Å². The molecular formula is C10H7NaO6S. The Morgan fingerprint density at radius 3 is 2.39 bits per heavy atom. The summed E-state index contributed by atoms with van der Waals surface area (Å²) in [6, 6.07) is 6.37. The second kappa shape index (κ2) is 5.33. The molecule has 0 aliphatic carbocycles. The van der Waals surface area contributed by atoms with Gasteiger partial charge in [0.25, 0.3) is 10.4 Å². The molecule has 0 aliphatic heterocycles. The molecule has 0 heterocycles. The molecule has 0 fully saturated rings. The summed E-state index contributed by atoms with van der Waals surface area (Å²) in [6.45, 7) is 0. The minimum absolute atomic E-state index is 0. The van der Waals surface area contributed by atoms with Gasteiger partial charge in [0.2, 0.25) is 0 Å². The maximum atomic E-state index is 10.4. The van der Waals surface area contributed by atoms with Gasteiger partial charge in [0.15, 0.2) is 0 Å². The number of rotatable bonds is 2. The summed E-state index contributed by atoms with van der Waals surface area (Å²) >= 11 is 0. The summed E-state index contributed by atoms with van der Waals surface area (Å²) in [7, 11) is -4.88. The Kier molecular flexibility index (Phi) is 4.46. The molecule has 0 atom stereocenters. The average molecular weight is 278 g/mol. The number of hydrogen-bond acceptors (Lipinski definition) is 6. The quantitative estimate of drug-likeness (QED) is 0.377. The van der Waals surface area contributed by atoms with Crippen molar-refractivity contribution in [2.75, 3.05) is 0 Å². The molecule has 0 aromatic heterocycles. The van der Waals surface area contributed by atoms with E-state index >= 15 is 0 Å². The molecule has 0 bridgehead atoms. The van der Waals surface area contributed by atoms with E-state index in [-0.39, 0.29) is 46.8 Å². The van der Waals surface area contributed by atoms with Gasteiger partial charge in [-0.05, 0) is 23.6 Å². The van der Waals surface area contributed by atoms with Crippen LogP contribution in [0, 0.1) is 0 Å². The third kappa shape index (κ3) is 3.50. The van der Waals surface area contributed by atoms with E-state index in [0.717, 1.165) is 6.07 Å². The normalized spacial score (nSPS) is 10.9. The summed E-state index contributed by atoms with van der Waals surface area (Å²) in [5.74, 6) is -0.620. The van der Waals surface area contributed by atoms with Crippen molar-refractivity contribution < 1.29 is 56.9 Å². The van der Waals surface area contributed by atoms with Gasteiger partial charge in [-0.15, -0.1) is 0 Å². The molecule has 2 aromatic rings. The van der Waals surface area contributed by atoms with Crippen LogP contribution in [0.1, 0.15) is 0 Å². The van der Waals surface area contributed by atoms with Gasteiger partial charge in [0, 0.05) is 11.5 Å². The van der Waals surface area contributed by atoms with Gasteiger partial charge < -0.3 is 18.9 Å². The molecule has 0 saturated carbocycles. The fourth-order valence-electron chi connectivity index (χ4n) is 1.47. The Bertz CT molecular complexity index is 682. The summed E-state index contributed by atoms with van der Waals surface area (Å²) in [6.07, 6.45) is 0. The average Bonchev–Trinajstić information content (AvgIpc) is 2.17. The van der Waals surface area contributed by atoms with Gasteiger partial charge >= 0.3 is 29.6 Å². The molecule has 0 radical (unpaired) electrons. The van der Waals surface area contributed by atoms with E-state index in [9.17, 15) is 23.2 Å². The largest absolute Gasteiger partial charge is 1.00 e. The van der Waals surface area contributed by atoms with E-state index in [2.05, 4.69) is 4.18 Å². The molecule has 2 rings (SSSR count). The zero-order valence-electron chi connectivity index (χ0n) is 9.32. The third-order valence-electron chi connectivity index (χ3n) is 2.09. The Morgan fingerprint density at radius 1 is 1.11 bits per heavy atom. The van der Waals surface area contributed by atoms with Crippen LogP contribution in [0.2, 0.25) is 0 Å². The van der Waals surface area contributed by atoms with Crippen LogP contribution in [-0.2, 0) is 10.4 Å². The number of aromatic hydroxyl groups is 2. The number of fused-ring (bicyclic) bond motifs is 1. The molecule has 2 aromatic carbocycles. The van der Waals surface area contributed by atoms with E-state index in [4.69, 9.17) is 0 Å². The molecular weight excluding hydrogens is 271 g/mol. The summed E-state index contributed by atoms with van der Waals surface area (Å²) in [5, 5.41) is 19.6. The minimum Gasteiger partial charge on any atom is -0.716 e.